The Balaban J connectivity index is 0.000000187. The number of nitrogens with zero attached hydrogens (tertiary/aromatic N) is 1. The number of benzene rings is 2. The standard InChI is InChI=1S/C10H8.C4H11N3O/c1-2-6-10-8-4-3-7-9(10)5-1;1-7(2,3)6-4(5)8/h1-8H;1-3H3,(H2-,5,6,8)/p+1. The van der Waals surface area contributed by atoms with Gasteiger partial charge in [0.1, 0.15) is 0 Å². The molecule has 3 N–H and O–H groups in total. The van der Waals surface area contributed by atoms with Crippen molar-refractivity contribution >= 4 is 16.8 Å². The summed E-state index contributed by atoms with van der Waals surface area (Å²) in [5, 5.41) is 2.62. The SMILES string of the molecule is C[N+](C)(C)NC(N)=O.c1ccc2ccccc2c1. The highest BCUT2D eigenvalue weighted by atomic mass is 16.2. The Morgan fingerprint density at radius 3 is 1.44 bits per heavy atom. The summed E-state index contributed by atoms with van der Waals surface area (Å²) in [5.74, 6) is 0. The summed E-state index contributed by atoms with van der Waals surface area (Å²) in [6, 6.07) is 16.2. The van der Waals surface area contributed by atoms with Gasteiger partial charge in [-0.25, -0.2) is 9.39 Å². The predicted octanol–water partition coefficient (Wildman–Crippen LogP) is 2.12. The summed E-state index contributed by atoms with van der Waals surface area (Å²) in [5.41, 5.74) is 7.27. The number of hydrogen-bond donors (Lipinski definition) is 2. The molecule has 0 saturated carbocycles. The maximum atomic E-state index is 10.1. The van der Waals surface area contributed by atoms with Crippen LogP contribution in [0.5, 0.6) is 0 Å². The molecule has 4 nitrogen and oxygen atoms in total. The predicted molar refractivity (Wildman–Crippen MR) is 74.7 cm³/mol. The first kappa shape index (κ1) is 14.0. The van der Waals surface area contributed by atoms with Gasteiger partial charge in [-0.2, -0.15) is 5.43 Å². The van der Waals surface area contributed by atoms with E-state index in [0.717, 1.165) is 0 Å². The summed E-state index contributed by atoms with van der Waals surface area (Å²) in [6.07, 6.45) is 0. The largest absolute Gasteiger partial charge is 0.356 e. The Labute approximate surface area is 108 Å². The van der Waals surface area contributed by atoms with E-state index in [4.69, 9.17) is 5.73 Å². The molecule has 0 aliphatic carbocycles. The van der Waals surface area contributed by atoms with Gasteiger partial charge in [0.25, 0.3) is 0 Å². The third-order valence-electron chi connectivity index (χ3n) is 2.10. The summed E-state index contributed by atoms with van der Waals surface area (Å²) >= 11 is 0. The Bertz CT molecular complexity index is 452. The number of carbonyl (C=O) groups excluding carboxylic acids is 1. The monoisotopic (exact) mass is 246 g/mol. The van der Waals surface area contributed by atoms with Gasteiger partial charge in [0.05, 0.1) is 21.1 Å². The van der Waals surface area contributed by atoms with Crippen molar-refractivity contribution in [3.05, 3.63) is 48.5 Å². The van der Waals surface area contributed by atoms with Crippen LogP contribution in [-0.4, -0.2) is 31.8 Å². The lowest BCUT2D eigenvalue weighted by Crippen LogP contribution is -2.53. The Hall–Kier alpha value is -2.07. The van der Waals surface area contributed by atoms with Crippen molar-refractivity contribution in [2.45, 2.75) is 0 Å². The molecule has 2 aromatic rings. The molecule has 0 bridgehead atoms. The van der Waals surface area contributed by atoms with Crippen LogP contribution in [0.4, 0.5) is 4.79 Å². The molecule has 0 aliphatic heterocycles. The van der Waals surface area contributed by atoms with Gasteiger partial charge in [0.2, 0.25) is 0 Å². The van der Waals surface area contributed by atoms with E-state index >= 15 is 0 Å². The normalized spacial score (nSPS) is 10.4. The number of nitrogens with two attached hydrogens (primary N) is 1. The van der Waals surface area contributed by atoms with Gasteiger partial charge >= 0.3 is 6.03 Å². The minimum Gasteiger partial charge on any atom is -0.348 e. The van der Waals surface area contributed by atoms with Crippen molar-refractivity contribution in [3.8, 4) is 0 Å². The fourth-order valence-electron chi connectivity index (χ4n) is 1.46. The highest BCUT2D eigenvalue weighted by Crippen LogP contribution is 2.11. The van der Waals surface area contributed by atoms with Gasteiger partial charge in [-0.05, 0) is 10.8 Å². The molecule has 0 atom stereocenters. The van der Waals surface area contributed by atoms with Crippen LogP contribution in [0, 0.1) is 0 Å². The zero-order valence-electron chi connectivity index (χ0n) is 11.1. The topological polar surface area (TPSA) is 55.1 Å². The third kappa shape index (κ3) is 5.32. The fourth-order valence-corrected chi connectivity index (χ4v) is 1.46. The van der Waals surface area contributed by atoms with Crippen molar-refractivity contribution in [2.75, 3.05) is 21.1 Å². The highest BCUT2D eigenvalue weighted by Gasteiger charge is 2.06. The number of primary amides is 1. The molecule has 2 rings (SSSR count). The lowest BCUT2D eigenvalue weighted by Gasteiger charge is -2.21. The van der Waals surface area contributed by atoms with E-state index in [0.29, 0.717) is 4.59 Å². The van der Waals surface area contributed by atoms with Crippen molar-refractivity contribution in [2.24, 2.45) is 5.73 Å². The lowest BCUT2D eigenvalue weighted by atomic mass is 10.1. The molecule has 0 radical (unpaired) electrons. The van der Waals surface area contributed by atoms with Gasteiger partial charge in [0, 0.05) is 0 Å². The Morgan fingerprint density at radius 1 is 0.944 bits per heavy atom. The number of hydrogen-bond acceptors (Lipinski definition) is 1. The number of carbonyl (C=O) groups is 1. The molecule has 4 heteroatoms. The van der Waals surface area contributed by atoms with E-state index in [-0.39, 0.29) is 0 Å². The molecule has 0 unspecified atom stereocenters. The number of fused-ring (bicyclic) bond motifs is 1. The summed E-state index contributed by atoms with van der Waals surface area (Å²) in [4.78, 5) is 10.1. The second-order valence-electron chi connectivity index (χ2n) is 4.84. The number of amides is 2. The molecule has 0 aliphatic rings. The van der Waals surface area contributed by atoms with E-state index in [1.54, 1.807) is 0 Å². The second-order valence-corrected chi connectivity index (χ2v) is 4.84. The lowest BCUT2D eigenvalue weighted by molar-refractivity contribution is -0.905. The first-order chi connectivity index (χ1) is 8.38. The zero-order valence-corrected chi connectivity index (χ0v) is 11.1. The number of quaternary nitrogens is 1. The number of urea groups is 1. The van der Waals surface area contributed by atoms with E-state index < -0.39 is 6.03 Å². The molecular formula is C14H20N3O+. The van der Waals surface area contributed by atoms with Crippen LogP contribution in [0.25, 0.3) is 10.8 Å². The number of rotatable bonds is 1. The average molecular weight is 246 g/mol. The highest BCUT2D eigenvalue weighted by molar-refractivity contribution is 5.82. The van der Waals surface area contributed by atoms with Crippen LogP contribution in [-0.2, 0) is 0 Å². The molecule has 2 amide bonds. The molecule has 0 saturated heterocycles. The maximum Gasteiger partial charge on any atom is 0.356 e. The van der Waals surface area contributed by atoms with E-state index in [1.807, 2.05) is 21.1 Å². The molecule has 0 aromatic heterocycles. The zero-order chi connectivity index (χ0) is 13.6. The van der Waals surface area contributed by atoms with Crippen LogP contribution < -0.4 is 11.2 Å². The molecule has 0 fully saturated rings. The Morgan fingerprint density at radius 2 is 1.28 bits per heavy atom. The van der Waals surface area contributed by atoms with Gasteiger partial charge in [0.15, 0.2) is 0 Å². The molecule has 0 heterocycles. The molecule has 18 heavy (non-hydrogen) atoms. The quantitative estimate of drug-likeness (QED) is 0.587. The van der Waals surface area contributed by atoms with Crippen LogP contribution in [0.3, 0.4) is 0 Å². The molecule has 2 aromatic carbocycles. The van der Waals surface area contributed by atoms with Gasteiger partial charge < -0.3 is 5.73 Å². The molecular weight excluding hydrogens is 226 g/mol. The van der Waals surface area contributed by atoms with E-state index in [1.165, 1.54) is 10.8 Å². The maximum absolute atomic E-state index is 10.1. The third-order valence-corrected chi connectivity index (χ3v) is 2.10. The van der Waals surface area contributed by atoms with Crippen LogP contribution in [0.2, 0.25) is 0 Å². The van der Waals surface area contributed by atoms with Crippen molar-refractivity contribution in [1.29, 1.82) is 0 Å². The van der Waals surface area contributed by atoms with Gasteiger partial charge in [-0.15, -0.1) is 0 Å². The summed E-state index contributed by atoms with van der Waals surface area (Å²) < 4.78 is 0.356. The second kappa shape index (κ2) is 6.02. The fraction of sp³-hybridized carbons (Fsp3) is 0.214. The van der Waals surface area contributed by atoms with Crippen LogP contribution in [0.15, 0.2) is 48.5 Å². The van der Waals surface area contributed by atoms with Crippen molar-refractivity contribution < 1.29 is 9.39 Å². The summed E-state index contributed by atoms with van der Waals surface area (Å²) in [6.45, 7) is 0. The van der Waals surface area contributed by atoms with Crippen molar-refractivity contribution in [1.82, 2.24) is 5.43 Å². The first-order valence-electron chi connectivity index (χ1n) is 5.71. The molecule has 96 valence electrons. The van der Waals surface area contributed by atoms with Gasteiger partial charge in [-0.1, -0.05) is 48.5 Å². The number of nitrogens with one attached hydrogen (secondary N) is 1. The average Bonchev–Trinajstić information content (AvgIpc) is 2.27. The van der Waals surface area contributed by atoms with Crippen molar-refractivity contribution in [3.63, 3.8) is 0 Å². The van der Waals surface area contributed by atoms with Gasteiger partial charge in [-0.3, -0.25) is 0 Å². The van der Waals surface area contributed by atoms with E-state index in [2.05, 4.69) is 54.0 Å². The summed E-state index contributed by atoms with van der Waals surface area (Å²) in [7, 11) is 5.43. The minimum absolute atomic E-state index is 0.356. The molecule has 0 spiro atoms. The Kier molecular flexibility index (Phi) is 4.68. The van der Waals surface area contributed by atoms with Crippen LogP contribution in [0.1, 0.15) is 0 Å². The first-order valence-corrected chi connectivity index (χ1v) is 5.71. The van der Waals surface area contributed by atoms with Crippen LogP contribution >= 0.6 is 0 Å². The smallest absolute Gasteiger partial charge is 0.348 e. The van der Waals surface area contributed by atoms with E-state index in [9.17, 15) is 4.79 Å². The minimum atomic E-state index is -0.502.